The Kier molecular flexibility index (Phi) is 5.73. The van der Waals surface area contributed by atoms with Crippen LogP contribution in [0.5, 0.6) is 17.2 Å². The van der Waals surface area contributed by atoms with Gasteiger partial charge in [0.2, 0.25) is 0 Å². The molecule has 146 valence electrons. The summed E-state index contributed by atoms with van der Waals surface area (Å²) in [6.45, 7) is 10.4. The summed E-state index contributed by atoms with van der Waals surface area (Å²) in [6.07, 6.45) is 5.99. The largest absolute Gasteiger partial charge is 0.493 e. The third-order valence-corrected chi connectivity index (χ3v) is 4.97. The van der Waals surface area contributed by atoms with Gasteiger partial charge >= 0.3 is 0 Å². The van der Waals surface area contributed by atoms with Crippen molar-refractivity contribution in [2.75, 3.05) is 20.8 Å². The molecule has 0 amide bonds. The van der Waals surface area contributed by atoms with Gasteiger partial charge in [-0.15, -0.1) is 0 Å². The zero-order valence-electron chi connectivity index (χ0n) is 16.6. The highest BCUT2D eigenvalue weighted by atomic mass is 16.5. The van der Waals surface area contributed by atoms with Gasteiger partial charge in [0.25, 0.3) is 5.56 Å². The minimum absolute atomic E-state index is 0.0797. The van der Waals surface area contributed by atoms with Crippen LogP contribution in [0.15, 0.2) is 60.0 Å². The Morgan fingerprint density at radius 2 is 1.86 bits per heavy atom. The number of rotatable bonds is 7. The molecule has 0 atom stereocenters. The molecular weight excluding hydrogens is 354 g/mol. The van der Waals surface area contributed by atoms with Crippen molar-refractivity contribution in [3.8, 4) is 28.5 Å². The third-order valence-electron chi connectivity index (χ3n) is 4.97. The quantitative estimate of drug-likeness (QED) is 0.681. The molecule has 5 nitrogen and oxygen atoms in total. The summed E-state index contributed by atoms with van der Waals surface area (Å²) >= 11 is 0. The van der Waals surface area contributed by atoms with Crippen LogP contribution in [-0.4, -0.2) is 25.4 Å². The number of methoxy groups -OCH3 is 2. The summed E-state index contributed by atoms with van der Waals surface area (Å²) in [4.78, 5) is 12.7. The molecule has 1 aromatic carbocycles. The standard InChI is InChI=1S/C23H25NO4/c1-6-8-16(7-2)14-28-19-13-22(25)24-10-9-17-11-20(26-4)21(27-5)12-18(17)23(24)15(19)3/h6-8,11-13H,1-2,9-10,14H2,3-5H3/b16-8+. The average Bonchev–Trinajstić information content (AvgIpc) is 2.72. The summed E-state index contributed by atoms with van der Waals surface area (Å²) in [5, 5.41) is 0. The molecule has 1 aromatic heterocycles. The normalized spacial score (nSPS) is 12.6. The molecule has 28 heavy (non-hydrogen) atoms. The summed E-state index contributed by atoms with van der Waals surface area (Å²) in [7, 11) is 3.23. The number of benzene rings is 1. The second-order valence-electron chi connectivity index (χ2n) is 6.56. The number of aryl methyl sites for hydroxylation is 1. The molecular formula is C23H25NO4. The molecule has 1 aliphatic heterocycles. The predicted octanol–water partition coefficient (Wildman–Crippen LogP) is 4.07. The van der Waals surface area contributed by atoms with Gasteiger partial charge in [0.05, 0.1) is 19.9 Å². The van der Waals surface area contributed by atoms with Crippen molar-refractivity contribution in [1.29, 1.82) is 0 Å². The summed E-state index contributed by atoms with van der Waals surface area (Å²) in [6, 6.07) is 5.47. The zero-order chi connectivity index (χ0) is 20.3. The Balaban J connectivity index is 2.11. The van der Waals surface area contributed by atoms with Gasteiger partial charge in [-0.3, -0.25) is 4.79 Å². The number of allylic oxidation sites excluding steroid dienone is 2. The minimum Gasteiger partial charge on any atom is -0.493 e. The highest BCUT2D eigenvalue weighted by molar-refractivity contribution is 5.74. The maximum absolute atomic E-state index is 12.7. The molecule has 2 heterocycles. The van der Waals surface area contributed by atoms with Gasteiger partial charge in [0, 0.05) is 23.7 Å². The molecule has 0 N–H and O–H groups in total. The average molecular weight is 379 g/mol. The fourth-order valence-electron chi connectivity index (χ4n) is 3.52. The SMILES string of the molecule is C=C/C=C(\C=C)COc1cc(=O)n2c(c1C)-c1cc(OC)c(OC)cc1CC2. The molecule has 0 radical (unpaired) electrons. The number of fused-ring (bicyclic) bond motifs is 3. The van der Waals surface area contributed by atoms with Crippen LogP contribution in [0.4, 0.5) is 0 Å². The smallest absolute Gasteiger partial charge is 0.254 e. The van der Waals surface area contributed by atoms with Gasteiger partial charge in [-0.05, 0) is 36.6 Å². The number of pyridine rings is 1. The lowest BCUT2D eigenvalue weighted by Gasteiger charge is -2.26. The topological polar surface area (TPSA) is 49.7 Å². The lowest BCUT2D eigenvalue weighted by Crippen LogP contribution is -2.27. The van der Waals surface area contributed by atoms with Crippen molar-refractivity contribution in [1.82, 2.24) is 4.57 Å². The number of ether oxygens (including phenoxy) is 3. The van der Waals surface area contributed by atoms with Crippen molar-refractivity contribution >= 4 is 0 Å². The predicted molar refractivity (Wildman–Crippen MR) is 112 cm³/mol. The summed E-state index contributed by atoms with van der Waals surface area (Å²) < 4.78 is 18.6. The highest BCUT2D eigenvalue weighted by Crippen LogP contribution is 2.40. The van der Waals surface area contributed by atoms with Crippen molar-refractivity contribution in [3.05, 3.63) is 76.6 Å². The summed E-state index contributed by atoms with van der Waals surface area (Å²) in [5.74, 6) is 1.89. The van der Waals surface area contributed by atoms with Crippen LogP contribution in [0, 0.1) is 6.92 Å². The molecule has 0 spiro atoms. The second-order valence-corrected chi connectivity index (χ2v) is 6.56. The molecule has 0 aliphatic carbocycles. The molecule has 5 heteroatoms. The van der Waals surface area contributed by atoms with Gasteiger partial charge < -0.3 is 18.8 Å². The van der Waals surface area contributed by atoms with Crippen molar-refractivity contribution < 1.29 is 14.2 Å². The van der Waals surface area contributed by atoms with Gasteiger partial charge in [0.1, 0.15) is 12.4 Å². The van der Waals surface area contributed by atoms with E-state index in [0.717, 1.165) is 34.4 Å². The molecule has 0 fully saturated rings. The Morgan fingerprint density at radius 3 is 2.50 bits per heavy atom. The van der Waals surface area contributed by atoms with E-state index in [0.29, 0.717) is 30.4 Å². The van der Waals surface area contributed by atoms with E-state index in [9.17, 15) is 4.79 Å². The van der Waals surface area contributed by atoms with E-state index in [2.05, 4.69) is 13.2 Å². The van der Waals surface area contributed by atoms with E-state index < -0.39 is 0 Å². The van der Waals surface area contributed by atoms with E-state index in [1.54, 1.807) is 37.0 Å². The first-order chi connectivity index (χ1) is 13.5. The zero-order valence-corrected chi connectivity index (χ0v) is 16.6. The van der Waals surface area contributed by atoms with Gasteiger partial charge in [-0.2, -0.15) is 0 Å². The number of hydrogen-bond donors (Lipinski definition) is 0. The van der Waals surface area contributed by atoms with E-state index in [1.807, 2.05) is 25.1 Å². The van der Waals surface area contributed by atoms with Gasteiger partial charge in [-0.25, -0.2) is 0 Å². The van der Waals surface area contributed by atoms with Crippen molar-refractivity contribution in [2.45, 2.75) is 19.9 Å². The first-order valence-electron chi connectivity index (χ1n) is 9.10. The van der Waals surface area contributed by atoms with Crippen LogP contribution in [0.3, 0.4) is 0 Å². The monoisotopic (exact) mass is 379 g/mol. The minimum atomic E-state index is -0.0797. The number of nitrogens with zero attached hydrogens (tertiary/aromatic N) is 1. The van der Waals surface area contributed by atoms with Crippen LogP contribution in [0.25, 0.3) is 11.3 Å². The van der Waals surface area contributed by atoms with Crippen LogP contribution >= 0.6 is 0 Å². The lowest BCUT2D eigenvalue weighted by atomic mass is 9.93. The van der Waals surface area contributed by atoms with Crippen LogP contribution in [0.2, 0.25) is 0 Å². The second kappa shape index (κ2) is 8.21. The van der Waals surface area contributed by atoms with E-state index in [-0.39, 0.29) is 5.56 Å². The van der Waals surface area contributed by atoms with E-state index >= 15 is 0 Å². The first kappa shape index (κ1) is 19.5. The maximum Gasteiger partial charge on any atom is 0.254 e. The Morgan fingerprint density at radius 1 is 1.14 bits per heavy atom. The molecule has 0 bridgehead atoms. The molecule has 0 saturated carbocycles. The fraction of sp³-hybridized carbons (Fsp3) is 0.261. The maximum atomic E-state index is 12.7. The highest BCUT2D eigenvalue weighted by Gasteiger charge is 2.24. The van der Waals surface area contributed by atoms with E-state index in [1.165, 1.54) is 0 Å². The van der Waals surface area contributed by atoms with Gasteiger partial charge in [0.15, 0.2) is 11.5 Å². The molecule has 1 aliphatic rings. The Hall–Kier alpha value is -3.21. The van der Waals surface area contributed by atoms with Crippen molar-refractivity contribution in [2.24, 2.45) is 0 Å². The van der Waals surface area contributed by atoms with Crippen LogP contribution < -0.4 is 19.8 Å². The number of aromatic nitrogens is 1. The first-order valence-corrected chi connectivity index (χ1v) is 9.10. The molecule has 0 saturated heterocycles. The van der Waals surface area contributed by atoms with Crippen molar-refractivity contribution in [3.63, 3.8) is 0 Å². The van der Waals surface area contributed by atoms with Gasteiger partial charge in [-0.1, -0.05) is 31.4 Å². The fourth-order valence-corrected chi connectivity index (χ4v) is 3.52. The van der Waals surface area contributed by atoms with Crippen LogP contribution in [0.1, 0.15) is 11.1 Å². The van der Waals surface area contributed by atoms with E-state index in [4.69, 9.17) is 14.2 Å². The number of hydrogen-bond acceptors (Lipinski definition) is 4. The van der Waals surface area contributed by atoms with Crippen LogP contribution in [-0.2, 0) is 13.0 Å². The lowest BCUT2D eigenvalue weighted by molar-refractivity contribution is 0.350. The molecule has 3 rings (SSSR count). The Bertz CT molecular complexity index is 1010. The summed E-state index contributed by atoms with van der Waals surface area (Å²) in [5.41, 5.74) is 4.67. The molecule has 2 aromatic rings. The Labute approximate surface area is 165 Å². The third kappa shape index (κ3) is 3.48. The molecule has 0 unspecified atom stereocenters.